The second kappa shape index (κ2) is 6.66. The van der Waals surface area contributed by atoms with Crippen LogP contribution in [-0.2, 0) is 10.1 Å². The molecule has 120 valence electrons. The minimum absolute atomic E-state index is 0.0277. The molecule has 0 aliphatic heterocycles. The van der Waals surface area contributed by atoms with E-state index in [0.29, 0.717) is 18.1 Å². The first-order valence-corrected chi connectivity index (χ1v) is 9.17. The van der Waals surface area contributed by atoms with Gasteiger partial charge in [0.05, 0.1) is 12.3 Å². The van der Waals surface area contributed by atoms with E-state index in [1.807, 2.05) is 26.8 Å². The Hall–Kier alpha value is -1.60. The van der Waals surface area contributed by atoms with Crippen LogP contribution in [0, 0.1) is 20.8 Å². The molecule has 0 fully saturated rings. The van der Waals surface area contributed by atoms with E-state index in [9.17, 15) is 8.42 Å². The predicted molar refractivity (Wildman–Crippen MR) is 86.4 cm³/mol. The van der Waals surface area contributed by atoms with Crippen molar-refractivity contribution in [1.82, 2.24) is 4.98 Å². The Morgan fingerprint density at radius 2 is 1.82 bits per heavy atom. The molecule has 7 heteroatoms. The fourth-order valence-electron chi connectivity index (χ4n) is 1.78. The smallest absolute Gasteiger partial charge is 0.366 e. The van der Waals surface area contributed by atoms with Gasteiger partial charge in [-0.25, -0.2) is 4.98 Å². The Morgan fingerprint density at radius 1 is 1.14 bits per heavy atom. The molecule has 0 spiro atoms. The van der Waals surface area contributed by atoms with Crippen molar-refractivity contribution in [1.29, 1.82) is 0 Å². The van der Waals surface area contributed by atoms with Crippen LogP contribution in [0.25, 0.3) is 0 Å². The maximum Gasteiger partial charge on any atom is 0.366 e. The van der Waals surface area contributed by atoms with E-state index in [1.165, 1.54) is 0 Å². The molecule has 2 rings (SSSR count). The Kier molecular flexibility index (Phi) is 5.08. The Labute approximate surface area is 135 Å². The molecule has 0 N–H and O–H groups in total. The van der Waals surface area contributed by atoms with Crippen molar-refractivity contribution in [3.05, 3.63) is 34.3 Å². The molecule has 0 unspecified atom stereocenters. The number of hydrogen-bond donors (Lipinski definition) is 0. The molecule has 0 radical (unpaired) electrons. The van der Waals surface area contributed by atoms with Crippen LogP contribution in [0.15, 0.2) is 22.5 Å². The minimum Gasteiger partial charge on any atom is -0.493 e. The van der Waals surface area contributed by atoms with Gasteiger partial charge in [0.25, 0.3) is 0 Å². The Bertz CT molecular complexity index is 746. The number of rotatable bonds is 6. The van der Waals surface area contributed by atoms with E-state index in [4.69, 9.17) is 8.92 Å². The Balaban J connectivity index is 2.27. The van der Waals surface area contributed by atoms with Crippen molar-refractivity contribution in [2.45, 2.75) is 38.5 Å². The molecule has 1 heterocycles. The SMILES string of the molecule is CCCOc1cc(C)cc(OS(=O)(=O)c2nc(C)c(C)s2)c1. The van der Waals surface area contributed by atoms with E-state index in [1.54, 1.807) is 19.1 Å². The molecule has 0 aliphatic rings. The number of aromatic nitrogens is 1. The highest BCUT2D eigenvalue weighted by Crippen LogP contribution is 2.28. The number of aryl methyl sites for hydroxylation is 3. The van der Waals surface area contributed by atoms with Gasteiger partial charge in [-0.1, -0.05) is 6.92 Å². The van der Waals surface area contributed by atoms with Crippen molar-refractivity contribution in [2.75, 3.05) is 6.61 Å². The summed E-state index contributed by atoms with van der Waals surface area (Å²) < 4.78 is 35.3. The molecular formula is C15H19NO4S2. The molecule has 0 saturated heterocycles. The van der Waals surface area contributed by atoms with Crippen molar-refractivity contribution < 1.29 is 17.3 Å². The van der Waals surface area contributed by atoms with Crippen molar-refractivity contribution in [3.63, 3.8) is 0 Å². The summed E-state index contributed by atoms with van der Waals surface area (Å²) in [5.41, 5.74) is 1.56. The van der Waals surface area contributed by atoms with Gasteiger partial charge in [0.2, 0.25) is 4.34 Å². The molecule has 2 aromatic rings. The van der Waals surface area contributed by atoms with Gasteiger partial charge in [-0.05, 0) is 44.9 Å². The lowest BCUT2D eigenvalue weighted by Gasteiger charge is -2.09. The molecule has 0 bridgehead atoms. The van der Waals surface area contributed by atoms with E-state index in [2.05, 4.69) is 4.98 Å². The first-order chi connectivity index (χ1) is 10.3. The highest BCUT2D eigenvalue weighted by Gasteiger charge is 2.22. The predicted octanol–water partition coefficient (Wildman–Crippen LogP) is 3.62. The summed E-state index contributed by atoms with van der Waals surface area (Å²) in [5.74, 6) is 0.829. The number of hydrogen-bond acceptors (Lipinski definition) is 6. The van der Waals surface area contributed by atoms with Gasteiger partial charge in [-0.3, -0.25) is 0 Å². The van der Waals surface area contributed by atoms with E-state index in [-0.39, 0.29) is 10.1 Å². The fraction of sp³-hybridized carbons (Fsp3) is 0.400. The number of nitrogens with zero attached hydrogens (tertiary/aromatic N) is 1. The monoisotopic (exact) mass is 341 g/mol. The normalized spacial score (nSPS) is 11.5. The van der Waals surface area contributed by atoms with Crippen LogP contribution in [0.3, 0.4) is 0 Å². The van der Waals surface area contributed by atoms with E-state index in [0.717, 1.165) is 28.2 Å². The third-order valence-corrected chi connectivity index (χ3v) is 5.59. The van der Waals surface area contributed by atoms with Gasteiger partial charge in [-0.2, -0.15) is 8.42 Å². The van der Waals surface area contributed by atoms with Gasteiger partial charge in [0.1, 0.15) is 11.5 Å². The van der Waals surface area contributed by atoms with Crippen LogP contribution >= 0.6 is 11.3 Å². The van der Waals surface area contributed by atoms with Gasteiger partial charge in [0.15, 0.2) is 0 Å². The van der Waals surface area contributed by atoms with Crippen LogP contribution in [0.1, 0.15) is 29.5 Å². The lowest BCUT2D eigenvalue weighted by molar-refractivity contribution is 0.316. The van der Waals surface area contributed by atoms with Gasteiger partial charge < -0.3 is 8.92 Å². The zero-order valence-electron chi connectivity index (χ0n) is 13.0. The van der Waals surface area contributed by atoms with Crippen molar-refractivity contribution in [2.24, 2.45) is 0 Å². The van der Waals surface area contributed by atoms with Crippen LogP contribution in [0.4, 0.5) is 0 Å². The fourth-order valence-corrected chi connectivity index (χ4v) is 3.97. The molecule has 1 aromatic heterocycles. The number of thiazole rings is 1. The Morgan fingerprint density at radius 3 is 2.41 bits per heavy atom. The summed E-state index contributed by atoms with van der Waals surface area (Å²) in [6.07, 6.45) is 0.875. The number of benzene rings is 1. The summed E-state index contributed by atoms with van der Waals surface area (Å²) in [7, 11) is -3.92. The third kappa shape index (κ3) is 3.98. The summed E-state index contributed by atoms with van der Waals surface area (Å²) >= 11 is 1.11. The summed E-state index contributed by atoms with van der Waals surface area (Å²) in [6.45, 7) is 8.03. The van der Waals surface area contributed by atoms with E-state index < -0.39 is 10.1 Å². The van der Waals surface area contributed by atoms with E-state index >= 15 is 0 Å². The van der Waals surface area contributed by atoms with Crippen molar-refractivity contribution in [3.8, 4) is 11.5 Å². The van der Waals surface area contributed by atoms with Crippen LogP contribution < -0.4 is 8.92 Å². The quantitative estimate of drug-likeness (QED) is 0.751. The standard InChI is InChI=1S/C15H19NO4S2/c1-5-6-19-13-7-10(2)8-14(9-13)20-22(17,18)15-16-11(3)12(4)21-15/h7-9H,5-6H2,1-4H3. The first kappa shape index (κ1) is 16.8. The maximum atomic E-state index is 12.3. The maximum absolute atomic E-state index is 12.3. The van der Waals surface area contributed by atoms with Crippen LogP contribution in [-0.4, -0.2) is 20.0 Å². The second-order valence-corrected chi connectivity index (χ2v) is 7.91. The molecule has 1 aromatic carbocycles. The zero-order valence-corrected chi connectivity index (χ0v) is 14.7. The summed E-state index contributed by atoms with van der Waals surface area (Å²) in [5, 5.41) is 0. The minimum atomic E-state index is -3.92. The van der Waals surface area contributed by atoms with Crippen LogP contribution in [0.5, 0.6) is 11.5 Å². The highest BCUT2D eigenvalue weighted by atomic mass is 32.3. The van der Waals surface area contributed by atoms with Gasteiger partial charge in [-0.15, -0.1) is 11.3 Å². The lowest BCUT2D eigenvalue weighted by atomic mass is 10.2. The molecule has 5 nitrogen and oxygen atoms in total. The zero-order chi connectivity index (χ0) is 16.3. The summed E-state index contributed by atoms with van der Waals surface area (Å²) in [6, 6.07) is 5.07. The number of ether oxygens (including phenoxy) is 1. The van der Waals surface area contributed by atoms with Crippen molar-refractivity contribution >= 4 is 21.5 Å². The second-order valence-electron chi connectivity index (χ2n) is 4.99. The summed E-state index contributed by atoms with van der Waals surface area (Å²) in [4.78, 5) is 4.91. The van der Waals surface area contributed by atoms with Gasteiger partial charge in [0, 0.05) is 10.9 Å². The molecule has 0 atom stereocenters. The topological polar surface area (TPSA) is 65.5 Å². The van der Waals surface area contributed by atoms with Crippen LogP contribution in [0.2, 0.25) is 0 Å². The highest BCUT2D eigenvalue weighted by molar-refractivity contribution is 7.89. The molecule has 0 amide bonds. The molecule has 0 saturated carbocycles. The lowest BCUT2D eigenvalue weighted by Crippen LogP contribution is -2.09. The molecule has 0 aliphatic carbocycles. The van der Waals surface area contributed by atoms with Gasteiger partial charge >= 0.3 is 10.1 Å². The first-order valence-electron chi connectivity index (χ1n) is 6.95. The average Bonchev–Trinajstić information content (AvgIpc) is 2.76. The average molecular weight is 341 g/mol. The third-order valence-electron chi connectivity index (χ3n) is 2.93. The molecule has 22 heavy (non-hydrogen) atoms. The molecular weight excluding hydrogens is 322 g/mol. The largest absolute Gasteiger partial charge is 0.493 e.